The molecule has 0 unspecified atom stereocenters. The van der Waals surface area contributed by atoms with E-state index in [0.29, 0.717) is 0 Å². The first-order valence-corrected chi connectivity index (χ1v) is 6.41. The number of nitrogens with zero attached hydrogens (tertiary/aromatic N) is 2. The third-order valence-electron chi connectivity index (χ3n) is 4.04. The number of aryl methyl sites for hydroxylation is 1. The van der Waals surface area contributed by atoms with Gasteiger partial charge >= 0.3 is 0 Å². The number of hydrogen-bond acceptors (Lipinski definition) is 2. The largest absolute Gasteiger partial charge is 0.325 e. The smallest absolute Gasteiger partial charge is 0.0716 e. The summed E-state index contributed by atoms with van der Waals surface area (Å²) in [6, 6.07) is 0. The highest BCUT2D eigenvalue weighted by atomic mass is 15.3. The second kappa shape index (κ2) is 3.35. The molecule has 0 bridgehead atoms. The van der Waals surface area contributed by atoms with Crippen LogP contribution in [-0.4, -0.2) is 15.3 Å². The van der Waals surface area contributed by atoms with E-state index in [9.17, 15) is 0 Å². The van der Waals surface area contributed by atoms with Crippen molar-refractivity contribution in [2.45, 2.75) is 63.8 Å². The Morgan fingerprint density at radius 3 is 2.12 bits per heavy atom. The Bertz CT molecular complexity index is 425. The summed E-state index contributed by atoms with van der Waals surface area (Å²) in [5.74, 6) is 0. The summed E-state index contributed by atoms with van der Waals surface area (Å²) < 4.78 is 1.93. The highest BCUT2D eigenvalue weighted by molar-refractivity contribution is 5.40. The van der Waals surface area contributed by atoms with Crippen molar-refractivity contribution in [3.63, 3.8) is 0 Å². The molecular weight excluding hydrogens is 210 g/mol. The molecule has 0 aliphatic heterocycles. The molecular formula is C14H25N3. The molecule has 2 rings (SSSR count). The minimum absolute atomic E-state index is 0.0808. The van der Waals surface area contributed by atoms with Crippen LogP contribution in [0.15, 0.2) is 6.20 Å². The summed E-state index contributed by atoms with van der Waals surface area (Å²) in [6.45, 7) is 10.9. The van der Waals surface area contributed by atoms with Crippen LogP contribution in [0.1, 0.15) is 58.7 Å². The molecule has 17 heavy (non-hydrogen) atoms. The molecule has 3 heteroatoms. The molecule has 1 aliphatic carbocycles. The van der Waals surface area contributed by atoms with Crippen LogP contribution in [0, 0.1) is 0 Å². The van der Waals surface area contributed by atoms with Crippen LogP contribution in [0.25, 0.3) is 0 Å². The van der Waals surface area contributed by atoms with Crippen molar-refractivity contribution in [2.75, 3.05) is 0 Å². The van der Waals surface area contributed by atoms with E-state index < -0.39 is 0 Å². The van der Waals surface area contributed by atoms with Gasteiger partial charge in [0.25, 0.3) is 0 Å². The average Bonchev–Trinajstić information content (AvgIpc) is 2.82. The Kier molecular flexibility index (Phi) is 2.48. The van der Waals surface area contributed by atoms with Crippen molar-refractivity contribution in [3.05, 3.63) is 17.5 Å². The lowest BCUT2D eigenvalue weighted by atomic mass is 9.75. The Labute approximate surface area is 104 Å². The summed E-state index contributed by atoms with van der Waals surface area (Å²) in [5, 5.41) is 4.66. The zero-order valence-electron chi connectivity index (χ0n) is 12.0. The summed E-state index contributed by atoms with van der Waals surface area (Å²) in [4.78, 5) is 0. The Morgan fingerprint density at radius 2 is 1.76 bits per heavy atom. The summed E-state index contributed by atoms with van der Waals surface area (Å²) >= 11 is 0. The van der Waals surface area contributed by atoms with E-state index in [0.717, 1.165) is 0 Å². The fraction of sp³-hybridized carbons (Fsp3) is 0.786. The molecule has 1 aromatic heterocycles. The lowest BCUT2D eigenvalue weighted by Gasteiger charge is -2.32. The van der Waals surface area contributed by atoms with Crippen LogP contribution < -0.4 is 5.73 Å². The molecule has 1 fully saturated rings. The molecule has 0 aromatic carbocycles. The SMILES string of the molecule is Cn1cc(C2(C(C)(C)N)CC2)c(C(C)(C)C)n1. The number of hydrogen-bond donors (Lipinski definition) is 1. The molecule has 2 N–H and O–H groups in total. The van der Waals surface area contributed by atoms with E-state index in [1.807, 2.05) is 11.7 Å². The molecule has 0 atom stereocenters. The van der Waals surface area contributed by atoms with Crippen molar-refractivity contribution in [2.24, 2.45) is 12.8 Å². The second-order valence-electron chi connectivity index (χ2n) is 7.12. The Balaban J connectivity index is 2.54. The van der Waals surface area contributed by atoms with Gasteiger partial charge in [0.05, 0.1) is 5.69 Å². The molecule has 96 valence electrons. The van der Waals surface area contributed by atoms with Crippen LogP contribution in [-0.2, 0) is 17.9 Å². The highest BCUT2D eigenvalue weighted by Gasteiger charge is 2.56. The molecule has 1 saturated carbocycles. The van der Waals surface area contributed by atoms with E-state index in [-0.39, 0.29) is 16.4 Å². The van der Waals surface area contributed by atoms with Crippen molar-refractivity contribution in [3.8, 4) is 0 Å². The van der Waals surface area contributed by atoms with Gasteiger partial charge in [-0.2, -0.15) is 5.10 Å². The van der Waals surface area contributed by atoms with Gasteiger partial charge in [0.15, 0.2) is 0 Å². The Hall–Kier alpha value is -0.830. The summed E-state index contributed by atoms with van der Waals surface area (Å²) in [5.41, 5.74) is 9.01. The topological polar surface area (TPSA) is 43.8 Å². The van der Waals surface area contributed by atoms with Gasteiger partial charge in [-0.15, -0.1) is 0 Å². The van der Waals surface area contributed by atoms with Crippen molar-refractivity contribution in [1.82, 2.24) is 9.78 Å². The van der Waals surface area contributed by atoms with Crippen molar-refractivity contribution >= 4 is 0 Å². The van der Waals surface area contributed by atoms with E-state index in [2.05, 4.69) is 45.9 Å². The van der Waals surface area contributed by atoms with Gasteiger partial charge in [-0.1, -0.05) is 20.8 Å². The van der Waals surface area contributed by atoms with Gasteiger partial charge in [0, 0.05) is 35.2 Å². The van der Waals surface area contributed by atoms with E-state index in [4.69, 9.17) is 5.73 Å². The monoisotopic (exact) mass is 235 g/mol. The Morgan fingerprint density at radius 1 is 1.24 bits per heavy atom. The van der Waals surface area contributed by atoms with Gasteiger partial charge in [-0.25, -0.2) is 0 Å². The zero-order chi connectivity index (χ0) is 13.1. The molecule has 0 spiro atoms. The molecule has 1 aromatic rings. The van der Waals surface area contributed by atoms with Gasteiger partial charge in [-0.3, -0.25) is 4.68 Å². The van der Waals surface area contributed by atoms with Gasteiger partial charge in [-0.05, 0) is 26.7 Å². The highest BCUT2D eigenvalue weighted by Crippen LogP contribution is 2.56. The first kappa shape index (κ1) is 12.6. The molecule has 0 amide bonds. The number of nitrogens with two attached hydrogens (primary N) is 1. The predicted octanol–water partition coefficient (Wildman–Crippen LogP) is 2.49. The zero-order valence-corrected chi connectivity index (χ0v) is 12.0. The van der Waals surface area contributed by atoms with Gasteiger partial charge < -0.3 is 5.73 Å². The molecule has 3 nitrogen and oxygen atoms in total. The maximum absolute atomic E-state index is 6.39. The predicted molar refractivity (Wildman–Crippen MR) is 71.1 cm³/mol. The minimum atomic E-state index is -0.171. The third-order valence-corrected chi connectivity index (χ3v) is 4.04. The molecule has 0 radical (unpaired) electrons. The standard InChI is InChI=1S/C14H25N3/c1-12(2,3)11-10(9-17(6)16-11)14(7-8-14)13(4,5)15/h9H,7-8,15H2,1-6H3. The van der Waals surface area contributed by atoms with Gasteiger partial charge in [0.2, 0.25) is 0 Å². The molecule has 1 aliphatic rings. The lowest BCUT2D eigenvalue weighted by molar-refractivity contribution is 0.384. The first-order chi connectivity index (χ1) is 7.58. The van der Waals surface area contributed by atoms with Crippen molar-refractivity contribution < 1.29 is 0 Å². The quantitative estimate of drug-likeness (QED) is 0.856. The minimum Gasteiger partial charge on any atom is -0.325 e. The van der Waals surface area contributed by atoms with Gasteiger partial charge in [0.1, 0.15) is 0 Å². The fourth-order valence-corrected chi connectivity index (χ4v) is 2.78. The maximum atomic E-state index is 6.39. The normalized spacial score (nSPS) is 19.5. The molecule has 1 heterocycles. The third kappa shape index (κ3) is 1.90. The van der Waals surface area contributed by atoms with E-state index in [1.54, 1.807) is 0 Å². The van der Waals surface area contributed by atoms with E-state index in [1.165, 1.54) is 24.1 Å². The fourth-order valence-electron chi connectivity index (χ4n) is 2.78. The van der Waals surface area contributed by atoms with Crippen molar-refractivity contribution in [1.29, 1.82) is 0 Å². The first-order valence-electron chi connectivity index (χ1n) is 6.41. The number of aromatic nitrogens is 2. The molecule has 0 saturated heterocycles. The maximum Gasteiger partial charge on any atom is 0.0716 e. The summed E-state index contributed by atoms with van der Waals surface area (Å²) in [6.07, 6.45) is 4.54. The number of rotatable bonds is 2. The average molecular weight is 235 g/mol. The summed E-state index contributed by atoms with van der Waals surface area (Å²) in [7, 11) is 2.00. The van der Waals surface area contributed by atoms with E-state index >= 15 is 0 Å². The van der Waals surface area contributed by atoms with Crippen LogP contribution in [0.3, 0.4) is 0 Å². The lowest BCUT2D eigenvalue weighted by Crippen LogP contribution is -2.46. The second-order valence-corrected chi connectivity index (χ2v) is 7.12. The van der Waals surface area contributed by atoms with Crippen LogP contribution in [0.2, 0.25) is 0 Å². The van der Waals surface area contributed by atoms with Crippen LogP contribution in [0.4, 0.5) is 0 Å². The van der Waals surface area contributed by atoms with Crippen LogP contribution >= 0.6 is 0 Å². The van der Waals surface area contributed by atoms with Crippen LogP contribution in [0.5, 0.6) is 0 Å².